The lowest BCUT2D eigenvalue weighted by Crippen LogP contribution is -2.41. The van der Waals surface area contributed by atoms with Gasteiger partial charge in [-0.2, -0.15) is 5.10 Å². The standard InChI is InChI=1S/C24H25N3O2/c1-2-12-29-24-10-8-22(9-11-24)27-17-21(14-25-27)20-13-23(28)18-26(16-20)15-19-6-4-3-5-7-19/h1,3-11,14,17,20,23,28H,12-13,15-16,18H2. The maximum Gasteiger partial charge on any atom is 0.148 e. The summed E-state index contributed by atoms with van der Waals surface area (Å²) in [4.78, 5) is 2.32. The number of aliphatic hydroxyl groups is 1. The number of hydrogen-bond donors (Lipinski definition) is 1. The number of aromatic nitrogens is 2. The molecule has 1 aliphatic heterocycles. The highest BCUT2D eigenvalue weighted by Gasteiger charge is 2.28. The van der Waals surface area contributed by atoms with Gasteiger partial charge in [0.1, 0.15) is 12.4 Å². The molecule has 1 fully saturated rings. The van der Waals surface area contributed by atoms with Gasteiger partial charge in [0.25, 0.3) is 0 Å². The molecule has 5 nitrogen and oxygen atoms in total. The highest BCUT2D eigenvalue weighted by Crippen LogP contribution is 2.28. The monoisotopic (exact) mass is 387 g/mol. The van der Waals surface area contributed by atoms with Gasteiger partial charge in [-0.3, -0.25) is 4.90 Å². The van der Waals surface area contributed by atoms with Crippen molar-refractivity contribution in [3.63, 3.8) is 0 Å². The van der Waals surface area contributed by atoms with Gasteiger partial charge in [0.15, 0.2) is 0 Å². The average molecular weight is 387 g/mol. The van der Waals surface area contributed by atoms with Gasteiger partial charge in [-0.05, 0) is 41.8 Å². The normalized spacial score (nSPS) is 19.6. The van der Waals surface area contributed by atoms with E-state index in [0.29, 0.717) is 6.54 Å². The minimum atomic E-state index is -0.326. The summed E-state index contributed by atoms with van der Waals surface area (Å²) in [5.74, 6) is 3.46. The highest BCUT2D eigenvalue weighted by molar-refractivity contribution is 5.37. The van der Waals surface area contributed by atoms with Crippen molar-refractivity contribution in [3.05, 3.63) is 78.1 Å². The van der Waals surface area contributed by atoms with E-state index >= 15 is 0 Å². The Bertz CT molecular complexity index is 960. The fourth-order valence-corrected chi connectivity index (χ4v) is 3.88. The van der Waals surface area contributed by atoms with Gasteiger partial charge >= 0.3 is 0 Å². The number of ether oxygens (including phenoxy) is 1. The Morgan fingerprint density at radius 1 is 1.10 bits per heavy atom. The zero-order chi connectivity index (χ0) is 20.1. The summed E-state index contributed by atoms with van der Waals surface area (Å²) in [6.45, 7) is 2.73. The minimum absolute atomic E-state index is 0.259. The maximum absolute atomic E-state index is 10.4. The van der Waals surface area contributed by atoms with Crippen molar-refractivity contribution in [2.24, 2.45) is 0 Å². The molecule has 4 rings (SSSR count). The zero-order valence-electron chi connectivity index (χ0n) is 16.3. The first-order chi connectivity index (χ1) is 14.2. The lowest BCUT2D eigenvalue weighted by molar-refractivity contribution is 0.0549. The summed E-state index contributed by atoms with van der Waals surface area (Å²) < 4.78 is 7.28. The molecule has 0 radical (unpaired) electrons. The van der Waals surface area contributed by atoms with Crippen molar-refractivity contribution >= 4 is 0 Å². The van der Waals surface area contributed by atoms with Gasteiger partial charge in [0.05, 0.1) is 18.0 Å². The molecule has 2 aromatic carbocycles. The van der Waals surface area contributed by atoms with E-state index in [0.717, 1.165) is 36.5 Å². The van der Waals surface area contributed by atoms with Gasteiger partial charge < -0.3 is 9.84 Å². The summed E-state index contributed by atoms with van der Waals surface area (Å²) in [5, 5.41) is 14.9. The van der Waals surface area contributed by atoms with Crippen LogP contribution in [0.1, 0.15) is 23.5 Å². The smallest absolute Gasteiger partial charge is 0.148 e. The number of hydrogen-bond acceptors (Lipinski definition) is 4. The minimum Gasteiger partial charge on any atom is -0.481 e. The van der Waals surface area contributed by atoms with Crippen molar-refractivity contribution in [1.29, 1.82) is 0 Å². The van der Waals surface area contributed by atoms with Crippen molar-refractivity contribution < 1.29 is 9.84 Å². The number of piperidine rings is 1. The van der Waals surface area contributed by atoms with Crippen molar-refractivity contribution in [2.45, 2.75) is 25.0 Å². The van der Waals surface area contributed by atoms with E-state index < -0.39 is 0 Å². The Hall–Kier alpha value is -3.07. The van der Waals surface area contributed by atoms with Gasteiger partial charge in [-0.15, -0.1) is 6.42 Å². The van der Waals surface area contributed by atoms with Crippen LogP contribution in [-0.2, 0) is 6.54 Å². The number of terminal acetylenes is 1. The highest BCUT2D eigenvalue weighted by atomic mass is 16.5. The molecule has 148 valence electrons. The lowest BCUT2D eigenvalue weighted by Gasteiger charge is -2.35. The number of rotatable bonds is 6. The predicted molar refractivity (Wildman–Crippen MR) is 113 cm³/mol. The molecule has 0 aliphatic carbocycles. The first kappa shape index (κ1) is 19.3. The largest absolute Gasteiger partial charge is 0.481 e. The molecule has 0 spiro atoms. The summed E-state index contributed by atoms with van der Waals surface area (Å²) in [6, 6.07) is 18.1. The van der Waals surface area contributed by atoms with Gasteiger partial charge in [-0.25, -0.2) is 4.68 Å². The van der Waals surface area contributed by atoms with Crippen LogP contribution in [0.5, 0.6) is 5.75 Å². The number of likely N-dealkylation sites (tertiary alicyclic amines) is 1. The molecule has 2 heterocycles. The summed E-state index contributed by atoms with van der Waals surface area (Å²) in [6.07, 6.45) is 9.62. The number of benzene rings is 2. The molecule has 0 amide bonds. The molecular weight excluding hydrogens is 362 g/mol. The average Bonchev–Trinajstić information content (AvgIpc) is 3.23. The van der Waals surface area contributed by atoms with Crippen LogP contribution in [0.4, 0.5) is 0 Å². The number of β-amino-alcohol motifs (C(OH)–C–C–N with tert-alkyl or cyclic N) is 1. The Labute approximate surface area is 171 Å². The fourth-order valence-electron chi connectivity index (χ4n) is 3.88. The molecular formula is C24H25N3O2. The van der Waals surface area contributed by atoms with Gasteiger partial charge in [0, 0.05) is 31.7 Å². The molecule has 1 aliphatic rings. The van der Waals surface area contributed by atoms with E-state index in [1.165, 1.54) is 5.56 Å². The predicted octanol–water partition coefficient (Wildman–Crippen LogP) is 3.23. The van der Waals surface area contributed by atoms with Crippen LogP contribution in [0.3, 0.4) is 0 Å². The topological polar surface area (TPSA) is 50.5 Å². The van der Waals surface area contributed by atoms with Crippen molar-refractivity contribution in [3.8, 4) is 23.8 Å². The molecule has 3 aromatic rings. The molecule has 2 unspecified atom stereocenters. The molecule has 5 heteroatoms. The third-order valence-electron chi connectivity index (χ3n) is 5.25. The summed E-state index contributed by atoms with van der Waals surface area (Å²) in [7, 11) is 0. The van der Waals surface area contributed by atoms with Crippen LogP contribution in [-0.4, -0.2) is 45.6 Å². The van der Waals surface area contributed by atoms with E-state index in [2.05, 4.69) is 46.4 Å². The number of aliphatic hydroxyl groups excluding tert-OH is 1. The van der Waals surface area contributed by atoms with Crippen LogP contribution in [0, 0.1) is 12.3 Å². The summed E-state index contributed by atoms with van der Waals surface area (Å²) in [5.41, 5.74) is 3.37. The van der Waals surface area contributed by atoms with E-state index in [-0.39, 0.29) is 18.6 Å². The molecule has 1 aromatic heterocycles. The Balaban J connectivity index is 1.44. The van der Waals surface area contributed by atoms with Crippen molar-refractivity contribution in [2.75, 3.05) is 19.7 Å². The Morgan fingerprint density at radius 3 is 2.66 bits per heavy atom. The Morgan fingerprint density at radius 2 is 1.90 bits per heavy atom. The molecule has 0 bridgehead atoms. The van der Waals surface area contributed by atoms with E-state index in [9.17, 15) is 5.11 Å². The molecule has 2 atom stereocenters. The second-order valence-electron chi connectivity index (χ2n) is 7.47. The third-order valence-corrected chi connectivity index (χ3v) is 5.25. The second kappa shape index (κ2) is 8.95. The zero-order valence-corrected chi connectivity index (χ0v) is 16.3. The van der Waals surface area contributed by atoms with Gasteiger partial charge in [0.2, 0.25) is 0 Å². The molecule has 1 N–H and O–H groups in total. The SMILES string of the molecule is C#CCOc1ccc(-n2cc(C3CC(O)CN(Cc4ccccc4)C3)cn2)cc1. The van der Waals surface area contributed by atoms with E-state index in [1.54, 1.807) is 0 Å². The summed E-state index contributed by atoms with van der Waals surface area (Å²) >= 11 is 0. The van der Waals surface area contributed by atoms with Crippen LogP contribution in [0.25, 0.3) is 5.69 Å². The fraction of sp³-hybridized carbons (Fsp3) is 0.292. The van der Waals surface area contributed by atoms with E-state index in [4.69, 9.17) is 11.2 Å². The Kier molecular flexibility index (Phi) is 5.95. The van der Waals surface area contributed by atoms with Crippen LogP contribution >= 0.6 is 0 Å². The van der Waals surface area contributed by atoms with E-state index in [1.807, 2.05) is 41.2 Å². The first-order valence-corrected chi connectivity index (χ1v) is 9.87. The maximum atomic E-state index is 10.4. The number of nitrogens with zero attached hydrogens (tertiary/aromatic N) is 3. The molecule has 0 saturated carbocycles. The van der Waals surface area contributed by atoms with Crippen LogP contribution < -0.4 is 4.74 Å². The third kappa shape index (κ3) is 4.86. The first-order valence-electron chi connectivity index (χ1n) is 9.87. The van der Waals surface area contributed by atoms with Gasteiger partial charge in [-0.1, -0.05) is 36.3 Å². The molecule has 29 heavy (non-hydrogen) atoms. The van der Waals surface area contributed by atoms with Crippen molar-refractivity contribution in [1.82, 2.24) is 14.7 Å². The lowest BCUT2D eigenvalue weighted by atomic mass is 9.91. The van der Waals surface area contributed by atoms with Crippen LogP contribution in [0.15, 0.2) is 67.0 Å². The quantitative estimate of drug-likeness (QED) is 0.660. The molecule has 1 saturated heterocycles. The second-order valence-corrected chi connectivity index (χ2v) is 7.47. The van der Waals surface area contributed by atoms with Crippen LogP contribution in [0.2, 0.25) is 0 Å².